The van der Waals surface area contributed by atoms with Gasteiger partial charge in [0.05, 0.1) is 0 Å². The summed E-state index contributed by atoms with van der Waals surface area (Å²) in [6, 6.07) is 3.39. The molecule has 0 atom stereocenters. The molecule has 0 saturated heterocycles. The van der Waals surface area contributed by atoms with Gasteiger partial charge in [0.15, 0.2) is 17.2 Å². The molecular weight excluding hydrogens is 444 g/mol. The molecule has 2 aromatic rings. The minimum absolute atomic E-state index is 0.0231. The highest BCUT2D eigenvalue weighted by molar-refractivity contribution is 9.13. The zero-order valence-electron chi connectivity index (χ0n) is 10.8. The lowest BCUT2D eigenvalue weighted by atomic mass is 10.2. The van der Waals surface area contributed by atoms with E-state index < -0.39 is 5.95 Å². The molecule has 1 aromatic heterocycles. The van der Waals surface area contributed by atoms with Gasteiger partial charge in [-0.1, -0.05) is 24.3 Å². The van der Waals surface area contributed by atoms with Crippen molar-refractivity contribution in [2.75, 3.05) is 6.61 Å². The van der Waals surface area contributed by atoms with Gasteiger partial charge < -0.3 is 14.2 Å². The number of fused-ring (bicyclic) bond motifs is 2. The highest BCUT2D eigenvalue weighted by Crippen LogP contribution is 2.53. The van der Waals surface area contributed by atoms with Crippen LogP contribution >= 0.6 is 43.5 Å². The van der Waals surface area contributed by atoms with Crippen LogP contribution in [0.4, 0.5) is 4.39 Å². The summed E-state index contributed by atoms with van der Waals surface area (Å²) >= 11 is 12.6. The van der Waals surface area contributed by atoms with Gasteiger partial charge in [0.1, 0.15) is 11.6 Å². The molecule has 0 aliphatic carbocycles. The molecule has 1 aliphatic rings. The molecule has 1 aromatic carbocycles. The Morgan fingerprint density at radius 1 is 1.23 bits per heavy atom. The van der Waals surface area contributed by atoms with E-state index in [1.807, 2.05) is 0 Å². The molecule has 0 unspecified atom stereocenters. The number of rotatable bonds is 3. The second-order valence-corrected chi connectivity index (χ2v) is 6.28. The monoisotopic (exact) mass is 449 g/mol. The Labute approximate surface area is 147 Å². The smallest absolute Gasteiger partial charge is 0.264 e. The molecule has 3 rings (SSSR count). The maximum atomic E-state index is 13.8. The van der Waals surface area contributed by atoms with E-state index >= 15 is 0 Å². The van der Waals surface area contributed by atoms with E-state index in [1.54, 1.807) is 12.1 Å². The van der Waals surface area contributed by atoms with Crippen LogP contribution in [0.15, 0.2) is 33.7 Å². The lowest BCUT2D eigenvalue weighted by molar-refractivity contribution is 0.293. The number of halogens is 4. The molecule has 0 radical (unpaired) electrons. The summed E-state index contributed by atoms with van der Waals surface area (Å²) in [5.41, 5.74) is 0. The van der Waals surface area contributed by atoms with Gasteiger partial charge in [-0.15, -0.1) is 0 Å². The molecule has 22 heavy (non-hydrogen) atoms. The molecule has 1 aliphatic heterocycles. The maximum absolute atomic E-state index is 13.8. The number of pyridine rings is 1. The molecule has 0 saturated carbocycles. The van der Waals surface area contributed by atoms with Crippen LogP contribution in [-0.4, -0.2) is 11.6 Å². The van der Waals surface area contributed by atoms with Crippen molar-refractivity contribution in [3.05, 3.63) is 44.7 Å². The number of aromatic nitrogens is 1. The van der Waals surface area contributed by atoms with E-state index in [9.17, 15) is 4.39 Å². The first kappa shape index (κ1) is 15.6. The first-order chi connectivity index (χ1) is 10.5. The Balaban J connectivity index is 2.12. The molecule has 0 amide bonds. The second kappa shape index (κ2) is 6.06. The van der Waals surface area contributed by atoms with Crippen LogP contribution in [0.2, 0.25) is 5.02 Å². The number of hydrogen-bond acceptors (Lipinski definition) is 4. The number of benzene rings is 1. The first-order valence-electron chi connectivity index (χ1n) is 5.98. The second-order valence-electron chi connectivity index (χ2n) is 4.20. The molecular formula is C14H7Br2ClFNO3. The van der Waals surface area contributed by atoms with Crippen LogP contribution in [0.25, 0.3) is 0 Å². The van der Waals surface area contributed by atoms with Gasteiger partial charge in [-0.25, -0.2) is 0 Å². The molecule has 114 valence electrons. The van der Waals surface area contributed by atoms with Gasteiger partial charge in [0, 0.05) is 21.1 Å². The van der Waals surface area contributed by atoms with Crippen LogP contribution in [0.1, 0.15) is 0 Å². The van der Waals surface area contributed by atoms with Crippen molar-refractivity contribution in [2.24, 2.45) is 0 Å². The summed E-state index contributed by atoms with van der Waals surface area (Å²) in [5, 5.41) is -0.273. The lowest BCUT2D eigenvalue weighted by Gasteiger charge is -2.23. The van der Waals surface area contributed by atoms with Crippen molar-refractivity contribution in [1.29, 1.82) is 0 Å². The summed E-state index contributed by atoms with van der Waals surface area (Å²) in [7, 11) is 0. The van der Waals surface area contributed by atoms with Gasteiger partial charge >= 0.3 is 0 Å². The average molecular weight is 451 g/mol. The zero-order chi connectivity index (χ0) is 15.9. The highest BCUT2D eigenvalue weighted by Gasteiger charge is 2.30. The van der Waals surface area contributed by atoms with Crippen LogP contribution in [-0.2, 0) is 0 Å². The Morgan fingerprint density at radius 3 is 2.41 bits per heavy atom. The van der Waals surface area contributed by atoms with Gasteiger partial charge in [0.25, 0.3) is 5.88 Å². The third-order valence-electron chi connectivity index (χ3n) is 2.73. The summed E-state index contributed by atoms with van der Waals surface area (Å²) < 4.78 is 32.0. The summed E-state index contributed by atoms with van der Waals surface area (Å²) in [6.07, 6.45) is 1.51. The van der Waals surface area contributed by atoms with Crippen LogP contribution in [0.5, 0.6) is 28.9 Å². The van der Waals surface area contributed by atoms with E-state index in [0.717, 1.165) is 8.95 Å². The number of nitrogens with zero attached hydrogens (tertiary/aromatic N) is 1. The van der Waals surface area contributed by atoms with Gasteiger partial charge in [-0.05, 0) is 31.9 Å². The fraction of sp³-hybridized carbons (Fsp3) is 0.0714. The minimum atomic E-state index is -0.900. The van der Waals surface area contributed by atoms with E-state index in [-0.39, 0.29) is 29.0 Å². The third-order valence-corrected chi connectivity index (χ3v) is 4.90. The van der Waals surface area contributed by atoms with Gasteiger partial charge in [0.2, 0.25) is 11.7 Å². The van der Waals surface area contributed by atoms with Crippen molar-refractivity contribution >= 4 is 43.5 Å². The normalized spacial score (nSPS) is 11.8. The average Bonchev–Trinajstić information content (AvgIpc) is 2.49. The van der Waals surface area contributed by atoms with Crippen molar-refractivity contribution in [1.82, 2.24) is 4.98 Å². The SMILES string of the molecule is C=CCOc1nc(F)c(Cl)c2c1Oc1cc(Br)c(Br)cc1O2. The first-order valence-corrected chi connectivity index (χ1v) is 7.95. The van der Waals surface area contributed by atoms with Crippen LogP contribution in [0, 0.1) is 5.95 Å². The Bertz CT molecular complexity index is 785. The molecule has 0 N–H and O–H groups in total. The Kier molecular flexibility index (Phi) is 4.29. The fourth-order valence-electron chi connectivity index (χ4n) is 1.79. The van der Waals surface area contributed by atoms with Gasteiger partial charge in [-0.3, -0.25) is 0 Å². The molecule has 0 fully saturated rings. The Morgan fingerprint density at radius 2 is 1.82 bits per heavy atom. The van der Waals surface area contributed by atoms with Crippen LogP contribution in [0.3, 0.4) is 0 Å². The standard InChI is InChI=1S/C14H7Br2ClFNO3/c1-2-3-20-14-12-11(10(17)13(18)19-14)21-8-4-6(15)7(16)5-9(8)22-12/h2,4-5H,1,3H2. The molecule has 8 heteroatoms. The maximum Gasteiger partial charge on any atom is 0.264 e. The van der Waals surface area contributed by atoms with Crippen LogP contribution < -0.4 is 14.2 Å². The largest absolute Gasteiger partial charge is 0.471 e. The zero-order valence-corrected chi connectivity index (χ0v) is 14.8. The predicted molar refractivity (Wildman–Crippen MR) is 86.9 cm³/mol. The number of hydrogen-bond donors (Lipinski definition) is 0. The highest BCUT2D eigenvalue weighted by atomic mass is 79.9. The van der Waals surface area contributed by atoms with Crippen molar-refractivity contribution in [3.63, 3.8) is 0 Å². The lowest BCUT2D eigenvalue weighted by Crippen LogP contribution is -2.06. The van der Waals surface area contributed by atoms with E-state index in [4.69, 9.17) is 25.8 Å². The Hall–Kier alpha value is -1.31. The minimum Gasteiger partial charge on any atom is -0.471 e. The van der Waals surface area contributed by atoms with E-state index in [2.05, 4.69) is 43.4 Å². The topological polar surface area (TPSA) is 40.6 Å². The van der Waals surface area contributed by atoms with Crippen molar-refractivity contribution in [3.8, 4) is 28.9 Å². The third kappa shape index (κ3) is 2.68. The molecule has 4 nitrogen and oxygen atoms in total. The summed E-state index contributed by atoms with van der Waals surface area (Å²) in [6.45, 7) is 3.67. The molecule has 0 bridgehead atoms. The van der Waals surface area contributed by atoms with Crippen molar-refractivity contribution in [2.45, 2.75) is 0 Å². The fourth-order valence-corrected chi connectivity index (χ4v) is 2.60. The molecule has 2 heterocycles. The predicted octanol–water partition coefficient (Wildman–Crippen LogP) is 5.86. The van der Waals surface area contributed by atoms with E-state index in [1.165, 1.54) is 6.08 Å². The number of ether oxygens (including phenoxy) is 3. The quantitative estimate of drug-likeness (QED) is 0.369. The molecule has 0 spiro atoms. The van der Waals surface area contributed by atoms with E-state index in [0.29, 0.717) is 11.5 Å². The van der Waals surface area contributed by atoms with Crippen molar-refractivity contribution < 1.29 is 18.6 Å². The summed E-state index contributed by atoms with van der Waals surface area (Å²) in [5.74, 6) is 0.00868. The summed E-state index contributed by atoms with van der Waals surface area (Å²) in [4.78, 5) is 3.64. The van der Waals surface area contributed by atoms with Gasteiger partial charge in [-0.2, -0.15) is 9.37 Å².